The summed E-state index contributed by atoms with van der Waals surface area (Å²) >= 11 is 0. The summed E-state index contributed by atoms with van der Waals surface area (Å²) in [5, 5.41) is 12.1. The quantitative estimate of drug-likeness (QED) is 0.648. The molecule has 0 aromatic heterocycles. The van der Waals surface area contributed by atoms with E-state index in [9.17, 15) is 4.79 Å². The number of carboxylic acids is 1. The first-order valence-electron chi connectivity index (χ1n) is 5.94. The third-order valence-corrected chi connectivity index (χ3v) is 2.91. The lowest BCUT2D eigenvalue weighted by molar-refractivity contribution is -0.132. The van der Waals surface area contributed by atoms with Crippen molar-refractivity contribution < 1.29 is 14.6 Å². The zero-order valence-electron chi connectivity index (χ0n) is 10.0. The van der Waals surface area contributed by atoms with Crippen LogP contribution in [-0.2, 0) is 9.53 Å². The molecule has 0 spiro atoms. The van der Waals surface area contributed by atoms with Gasteiger partial charge in [-0.1, -0.05) is 13.0 Å². The van der Waals surface area contributed by atoms with E-state index < -0.39 is 5.97 Å². The molecule has 1 fully saturated rings. The number of nitrogens with one attached hydrogen (secondary N) is 1. The molecule has 0 aliphatic heterocycles. The average Bonchev–Trinajstić information content (AvgIpc) is 2.19. The molecule has 0 aromatic carbocycles. The van der Waals surface area contributed by atoms with E-state index in [0.29, 0.717) is 30.7 Å². The number of carboxylic acid groups (broad SMARTS) is 1. The Hall–Kier alpha value is -0.870. The van der Waals surface area contributed by atoms with Gasteiger partial charge in [-0.15, -0.1) is 0 Å². The summed E-state index contributed by atoms with van der Waals surface area (Å²) in [6.45, 7) is 5.27. The Balaban J connectivity index is 2.15. The highest BCUT2D eigenvalue weighted by molar-refractivity contribution is 5.86. The van der Waals surface area contributed by atoms with E-state index in [0.717, 1.165) is 19.4 Å². The van der Waals surface area contributed by atoms with Crippen LogP contribution >= 0.6 is 0 Å². The Bertz CT molecular complexity index is 257. The third kappa shape index (κ3) is 3.94. The number of hydrogen-bond acceptors (Lipinski definition) is 3. The summed E-state index contributed by atoms with van der Waals surface area (Å²) in [6.07, 6.45) is 4.81. The third-order valence-electron chi connectivity index (χ3n) is 2.91. The first kappa shape index (κ1) is 13.2. The molecule has 0 bridgehead atoms. The predicted molar refractivity (Wildman–Crippen MR) is 62.4 cm³/mol. The van der Waals surface area contributed by atoms with Gasteiger partial charge in [-0.3, -0.25) is 0 Å². The molecular formula is C12H21NO3. The van der Waals surface area contributed by atoms with Gasteiger partial charge in [0.2, 0.25) is 0 Å². The highest BCUT2D eigenvalue weighted by Gasteiger charge is 2.28. The summed E-state index contributed by atoms with van der Waals surface area (Å²) in [7, 11) is 0. The largest absolute Gasteiger partial charge is 0.478 e. The van der Waals surface area contributed by atoms with Crippen LogP contribution in [0.2, 0.25) is 0 Å². The standard InChI is InChI=1S/C12H21NO3/c1-3-9(12(14)15)5-6-13-10-7-11(8-10)16-4-2/h5,10-11,13H,3-4,6-8H2,1-2H3,(H,14,15)/b9-5-. The lowest BCUT2D eigenvalue weighted by atomic mass is 9.89. The van der Waals surface area contributed by atoms with Crippen LogP contribution < -0.4 is 5.32 Å². The van der Waals surface area contributed by atoms with Gasteiger partial charge in [-0.2, -0.15) is 0 Å². The van der Waals surface area contributed by atoms with Crippen molar-refractivity contribution in [2.75, 3.05) is 13.2 Å². The van der Waals surface area contributed by atoms with Crippen LogP contribution in [0.4, 0.5) is 0 Å². The van der Waals surface area contributed by atoms with Crippen LogP contribution in [0.25, 0.3) is 0 Å². The Morgan fingerprint density at radius 1 is 1.50 bits per heavy atom. The van der Waals surface area contributed by atoms with Crippen molar-refractivity contribution in [3.8, 4) is 0 Å². The molecule has 0 radical (unpaired) electrons. The van der Waals surface area contributed by atoms with Gasteiger partial charge in [0.05, 0.1) is 6.10 Å². The van der Waals surface area contributed by atoms with Crippen molar-refractivity contribution >= 4 is 5.97 Å². The van der Waals surface area contributed by atoms with Crippen LogP contribution in [0.15, 0.2) is 11.6 Å². The maximum Gasteiger partial charge on any atom is 0.331 e. The molecule has 4 nitrogen and oxygen atoms in total. The van der Waals surface area contributed by atoms with E-state index in [4.69, 9.17) is 9.84 Å². The Morgan fingerprint density at radius 2 is 2.19 bits per heavy atom. The summed E-state index contributed by atoms with van der Waals surface area (Å²) in [4.78, 5) is 10.7. The predicted octanol–water partition coefficient (Wildman–Crippen LogP) is 1.56. The second-order valence-electron chi connectivity index (χ2n) is 4.04. The van der Waals surface area contributed by atoms with Gasteiger partial charge in [0.15, 0.2) is 0 Å². The smallest absolute Gasteiger partial charge is 0.331 e. The second kappa shape index (κ2) is 6.66. The van der Waals surface area contributed by atoms with Gasteiger partial charge in [-0.25, -0.2) is 4.79 Å². The number of rotatable bonds is 7. The van der Waals surface area contributed by atoms with E-state index in [1.807, 2.05) is 13.8 Å². The summed E-state index contributed by atoms with van der Waals surface area (Å²) < 4.78 is 5.45. The van der Waals surface area contributed by atoms with Gasteiger partial charge >= 0.3 is 5.97 Å². The highest BCUT2D eigenvalue weighted by atomic mass is 16.5. The molecule has 2 N–H and O–H groups in total. The lowest BCUT2D eigenvalue weighted by Gasteiger charge is -2.35. The maximum atomic E-state index is 10.7. The zero-order chi connectivity index (χ0) is 12.0. The first-order chi connectivity index (χ1) is 7.67. The summed E-state index contributed by atoms with van der Waals surface area (Å²) in [5.74, 6) is -0.815. The normalized spacial score (nSPS) is 25.2. The minimum Gasteiger partial charge on any atom is -0.478 e. The van der Waals surface area contributed by atoms with Gasteiger partial charge in [0.25, 0.3) is 0 Å². The Morgan fingerprint density at radius 3 is 2.69 bits per heavy atom. The number of ether oxygens (including phenoxy) is 1. The molecule has 16 heavy (non-hydrogen) atoms. The van der Waals surface area contributed by atoms with Gasteiger partial charge in [0.1, 0.15) is 0 Å². The summed E-state index contributed by atoms with van der Waals surface area (Å²) in [6, 6.07) is 0.486. The van der Waals surface area contributed by atoms with Crippen molar-refractivity contribution in [2.45, 2.75) is 45.3 Å². The van der Waals surface area contributed by atoms with E-state index in [1.165, 1.54) is 0 Å². The number of hydrogen-bond donors (Lipinski definition) is 2. The zero-order valence-corrected chi connectivity index (χ0v) is 10.0. The molecule has 0 saturated heterocycles. The minimum absolute atomic E-state index is 0.400. The fourth-order valence-corrected chi connectivity index (χ4v) is 1.84. The summed E-state index contributed by atoms with van der Waals surface area (Å²) in [5.41, 5.74) is 0.480. The van der Waals surface area contributed by atoms with E-state index in [1.54, 1.807) is 6.08 Å². The molecule has 0 unspecified atom stereocenters. The van der Waals surface area contributed by atoms with Gasteiger partial charge in [0, 0.05) is 24.8 Å². The molecule has 1 aliphatic carbocycles. The first-order valence-corrected chi connectivity index (χ1v) is 5.94. The molecule has 1 aliphatic rings. The fraction of sp³-hybridized carbons (Fsp3) is 0.750. The van der Waals surface area contributed by atoms with E-state index >= 15 is 0 Å². The van der Waals surface area contributed by atoms with Crippen molar-refractivity contribution in [1.29, 1.82) is 0 Å². The molecule has 1 rings (SSSR count). The number of carbonyl (C=O) groups is 1. The SMILES string of the molecule is CCOC1CC(NC/C=C(/CC)C(=O)O)C1. The van der Waals surface area contributed by atoms with Crippen LogP contribution in [0.5, 0.6) is 0 Å². The second-order valence-corrected chi connectivity index (χ2v) is 4.04. The maximum absolute atomic E-state index is 10.7. The molecule has 4 heteroatoms. The molecule has 0 amide bonds. The van der Waals surface area contributed by atoms with Crippen molar-refractivity contribution in [1.82, 2.24) is 5.32 Å². The molecule has 92 valence electrons. The molecule has 0 aromatic rings. The molecule has 0 heterocycles. The molecular weight excluding hydrogens is 206 g/mol. The average molecular weight is 227 g/mol. The number of aliphatic carboxylic acids is 1. The topological polar surface area (TPSA) is 58.6 Å². The fourth-order valence-electron chi connectivity index (χ4n) is 1.84. The van der Waals surface area contributed by atoms with Crippen LogP contribution in [0.3, 0.4) is 0 Å². The molecule has 1 saturated carbocycles. The molecule has 0 atom stereocenters. The van der Waals surface area contributed by atoms with Crippen LogP contribution in [-0.4, -0.2) is 36.4 Å². The van der Waals surface area contributed by atoms with Crippen molar-refractivity contribution in [3.63, 3.8) is 0 Å². The van der Waals surface area contributed by atoms with Crippen LogP contribution in [0, 0.1) is 0 Å². The highest BCUT2D eigenvalue weighted by Crippen LogP contribution is 2.22. The Labute approximate surface area is 96.7 Å². The lowest BCUT2D eigenvalue weighted by Crippen LogP contribution is -2.45. The van der Waals surface area contributed by atoms with Crippen molar-refractivity contribution in [3.05, 3.63) is 11.6 Å². The van der Waals surface area contributed by atoms with Gasteiger partial charge < -0.3 is 15.2 Å². The van der Waals surface area contributed by atoms with E-state index in [-0.39, 0.29) is 0 Å². The van der Waals surface area contributed by atoms with E-state index in [2.05, 4.69) is 5.32 Å². The monoisotopic (exact) mass is 227 g/mol. The Kier molecular flexibility index (Phi) is 5.49. The van der Waals surface area contributed by atoms with Crippen molar-refractivity contribution in [2.24, 2.45) is 0 Å². The van der Waals surface area contributed by atoms with Gasteiger partial charge in [-0.05, 0) is 26.2 Å². The minimum atomic E-state index is -0.815. The van der Waals surface area contributed by atoms with Crippen LogP contribution in [0.1, 0.15) is 33.1 Å².